The van der Waals surface area contributed by atoms with Gasteiger partial charge in [0.1, 0.15) is 5.69 Å². The second kappa shape index (κ2) is 6.74. The van der Waals surface area contributed by atoms with Gasteiger partial charge in [-0.3, -0.25) is 9.59 Å². The average molecular weight is 285 g/mol. The number of amides is 1. The summed E-state index contributed by atoms with van der Waals surface area (Å²) < 4.78 is 0. The minimum atomic E-state index is -0.330. The lowest BCUT2D eigenvalue weighted by atomic mass is 10.2. The normalized spacial score (nSPS) is 10.2. The van der Waals surface area contributed by atoms with Crippen LogP contribution in [0.2, 0.25) is 0 Å². The van der Waals surface area contributed by atoms with Gasteiger partial charge in [-0.15, -0.1) is 0 Å². The van der Waals surface area contributed by atoms with Gasteiger partial charge >= 0.3 is 0 Å². The summed E-state index contributed by atoms with van der Waals surface area (Å²) in [6.07, 6.45) is 0. The van der Waals surface area contributed by atoms with E-state index in [9.17, 15) is 9.59 Å². The minimum absolute atomic E-state index is 0.246. The van der Waals surface area contributed by atoms with Crippen molar-refractivity contribution in [2.45, 2.75) is 13.8 Å². The molecule has 0 fully saturated rings. The molecular formula is C16H19N3O2. The first-order chi connectivity index (χ1) is 10.1. The van der Waals surface area contributed by atoms with Crippen LogP contribution >= 0.6 is 0 Å². The van der Waals surface area contributed by atoms with Crippen molar-refractivity contribution in [3.8, 4) is 0 Å². The monoisotopic (exact) mass is 285 g/mol. The molecule has 1 aromatic heterocycles. The molecule has 0 aliphatic rings. The Balaban J connectivity index is 2.10. The van der Waals surface area contributed by atoms with Crippen LogP contribution in [0.1, 0.15) is 24.3 Å². The maximum Gasteiger partial charge on any atom is 0.272 e. The fourth-order valence-electron chi connectivity index (χ4n) is 2.12. The number of aromatic nitrogens is 1. The first kappa shape index (κ1) is 14.8. The van der Waals surface area contributed by atoms with Gasteiger partial charge in [0.05, 0.1) is 0 Å². The summed E-state index contributed by atoms with van der Waals surface area (Å²) >= 11 is 0. The molecule has 2 aromatic rings. The van der Waals surface area contributed by atoms with Crippen molar-refractivity contribution in [1.82, 2.24) is 4.98 Å². The summed E-state index contributed by atoms with van der Waals surface area (Å²) in [6, 6.07) is 12.1. The Labute approximate surface area is 123 Å². The number of hydrogen-bond donors (Lipinski definition) is 2. The van der Waals surface area contributed by atoms with Crippen molar-refractivity contribution in [2.24, 2.45) is 0 Å². The van der Waals surface area contributed by atoms with Crippen LogP contribution in [0.5, 0.6) is 0 Å². The van der Waals surface area contributed by atoms with E-state index in [-0.39, 0.29) is 17.2 Å². The molecule has 0 aliphatic heterocycles. The van der Waals surface area contributed by atoms with Crippen molar-refractivity contribution in [3.63, 3.8) is 0 Å². The number of carbonyl (C=O) groups excluding carboxylic acids is 1. The zero-order chi connectivity index (χ0) is 15.2. The summed E-state index contributed by atoms with van der Waals surface area (Å²) in [5.74, 6) is -0.330. The van der Waals surface area contributed by atoms with Gasteiger partial charge in [-0.25, -0.2) is 0 Å². The molecule has 2 rings (SSSR count). The molecule has 5 heteroatoms. The molecule has 0 aliphatic carbocycles. The standard InChI is InChI=1S/C16H19N3O2/c1-3-19(4-2)13-10-8-12(9-11-13)17-16(21)14-6-5-7-15(20)18-14/h5-11H,3-4H2,1-2H3,(H,17,21)(H,18,20). The Hall–Kier alpha value is -2.56. The summed E-state index contributed by atoms with van der Waals surface area (Å²) in [5.41, 5.74) is 1.77. The Kier molecular flexibility index (Phi) is 4.77. The fourth-order valence-corrected chi connectivity index (χ4v) is 2.12. The van der Waals surface area contributed by atoms with Crippen LogP contribution in [-0.2, 0) is 0 Å². The highest BCUT2D eigenvalue weighted by atomic mass is 16.2. The van der Waals surface area contributed by atoms with Crippen molar-refractivity contribution >= 4 is 17.3 Å². The van der Waals surface area contributed by atoms with E-state index in [1.54, 1.807) is 12.1 Å². The van der Waals surface area contributed by atoms with Crippen LogP contribution in [0.4, 0.5) is 11.4 Å². The maximum absolute atomic E-state index is 12.0. The van der Waals surface area contributed by atoms with Gasteiger partial charge in [0.15, 0.2) is 0 Å². The van der Waals surface area contributed by atoms with Crippen molar-refractivity contribution in [3.05, 3.63) is 58.5 Å². The maximum atomic E-state index is 12.0. The van der Waals surface area contributed by atoms with E-state index in [4.69, 9.17) is 0 Å². The number of H-pyrrole nitrogens is 1. The predicted octanol–water partition coefficient (Wildman–Crippen LogP) is 2.47. The van der Waals surface area contributed by atoms with Gasteiger partial charge < -0.3 is 15.2 Å². The number of anilines is 2. The van der Waals surface area contributed by atoms with Gasteiger partial charge in [0.25, 0.3) is 5.91 Å². The summed E-state index contributed by atoms with van der Waals surface area (Å²) in [6.45, 7) is 6.08. The highest BCUT2D eigenvalue weighted by Gasteiger charge is 2.07. The first-order valence-electron chi connectivity index (χ1n) is 6.99. The molecule has 0 spiro atoms. The molecule has 0 saturated heterocycles. The van der Waals surface area contributed by atoms with Crippen LogP contribution in [0.15, 0.2) is 47.3 Å². The van der Waals surface area contributed by atoms with Gasteiger partial charge in [-0.1, -0.05) is 6.07 Å². The third kappa shape index (κ3) is 3.72. The molecule has 1 aromatic carbocycles. The largest absolute Gasteiger partial charge is 0.372 e. The minimum Gasteiger partial charge on any atom is -0.372 e. The number of hydrogen-bond acceptors (Lipinski definition) is 3. The lowest BCUT2D eigenvalue weighted by Gasteiger charge is -2.21. The lowest BCUT2D eigenvalue weighted by molar-refractivity contribution is 0.102. The molecule has 5 nitrogen and oxygen atoms in total. The first-order valence-corrected chi connectivity index (χ1v) is 6.99. The lowest BCUT2D eigenvalue weighted by Crippen LogP contribution is -2.21. The molecule has 1 heterocycles. The summed E-state index contributed by atoms with van der Waals surface area (Å²) in [4.78, 5) is 27.9. The highest BCUT2D eigenvalue weighted by Crippen LogP contribution is 2.18. The number of rotatable bonds is 5. The Morgan fingerprint density at radius 3 is 2.33 bits per heavy atom. The van der Waals surface area contributed by atoms with E-state index in [1.165, 1.54) is 6.07 Å². The predicted molar refractivity (Wildman–Crippen MR) is 85.0 cm³/mol. The molecule has 0 bridgehead atoms. The fraction of sp³-hybridized carbons (Fsp3) is 0.250. The molecule has 21 heavy (non-hydrogen) atoms. The number of nitrogens with one attached hydrogen (secondary N) is 2. The molecule has 0 radical (unpaired) electrons. The zero-order valence-electron chi connectivity index (χ0n) is 12.2. The Morgan fingerprint density at radius 2 is 1.76 bits per heavy atom. The molecular weight excluding hydrogens is 266 g/mol. The summed E-state index contributed by atoms with van der Waals surface area (Å²) in [7, 11) is 0. The van der Waals surface area contributed by atoms with E-state index < -0.39 is 0 Å². The van der Waals surface area contributed by atoms with Gasteiger partial charge in [-0.05, 0) is 44.2 Å². The van der Waals surface area contributed by atoms with Crippen LogP contribution in [-0.4, -0.2) is 24.0 Å². The van der Waals surface area contributed by atoms with Crippen LogP contribution in [0, 0.1) is 0 Å². The third-order valence-electron chi connectivity index (χ3n) is 3.27. The van der Waals surface area contributed by atoms with Crippen molar-refractivity contribution in [1.29, 1.82) is 0 Å². The highest BCUT2D eigenvalue weighted by molar-refractivity contribution is 6.02. The van der Waals surface area contributed by atoms with E-state index in [2.05, 4.69) is 29.0 Å². The van der Waals surface area contributed by atoms with E-state index in [0.717, 1.165) is 18.8 Å². The number of benzene rings is 1. The van der Waals surface area contributed by atoms with Gasteiger partial charge in [-0.2, -0.15) is 0 Å². The van der Waals surface area contributed by atoms with Crippen molar-refractivity contribution in [2.75, 3.05) is 23.3 Å². The zero-order valence-corrected chi connectivity index (χ0v) is 12.2. The van der Waals surface area contributed by atoms with Crippen LogP contribution in [0.25, 0.3) is 0 Å². The number of carbonyl (C=O) groups is 1. The molecule has 2 N–H and O–H groups in total. The van der Waals surface area contributed by atoms with Gasteiger partial charge in [0.2, 0.25) is 5.56 Å². The van der Waals surface area contributed by atoms with E-state index in [1.807, 2.05) is 24.3 Å². The Morgan fingerprint density at radius 1 is 1.10 bits per heavy atom. The topological polar surface area (TPSA) is 65.2 Å². The molecule has 110 valence electrons. The molecule has 0 unspecified atom stereocenters. The van der Waals surface area contributed by atoms with E-state index in [0.29, 0.717) is 5.69 Å². The van der Waals surface area contributed by atoms with Crippen molar-refractivity contribution < 1.29 is 4.79 Å². The second-order valence-electron chi connectivity index (χ2n) is 4.60. The summed E-state index contributed by atoms with van der Waals surface area (Å²) in [5, 5.41) is 2.76. The SMILES string of the molecule is CCN(CC)c1ccc(NC(=O)c2cccc(=O)[nH]2)cc1. The van der Waals surface area contributed by atoms with Crippen LogP contribution < -0.4 is 15.8 Å². The second-order valence-corrected chi connectivity index (χ2v) is 4.60. The average Bonchev–Trinajstić information content (AvgIpc) is 2.50. The smallest absolute Gasteiger partial charge is 0.272 e. The number of nitrogens with zero attached hydrogens (tertiary/aromatic N) is 1. The number of aromatic amines is 1. The third-order valence-corrected chi connectivity index (χ3v) is 3.27. The van der Waals surface area contributed by atoms with Crippen LogP contribution in [0.3, 0.4) is 0 Å². The number of pyridine rings is 1. The molecule has 0 saturated carbocycles. The molecule has 0 atom stereocenters. The Bertz CT molecular complexity index is 658. The quantitative estimate of drug-likeness (QED) is 0.887. The van der Waals surface area contributed by atoms with Gasteiger partial charge in [0, 0.05) is 30.5 Å². The van der Waals surface area contributed by atoms with E-state index >= 15 is 0 Å². The molecule has 1 amide bonds.